The largest absolute Gasteiger partial charge is 0.421 e. The second-order valence-corrected chi connectivity index (χ2v) is 11.8. The summed E-state index contributed by atoms with van der Waals surface area (Å²) in [6.07, 6.45) is -2.61. The van der Waals surface area contributed by atoms with Crippen molar-refractivity contribution in [2.24, 2.45) is 11.8 Å². The van der Waals surface area contributed by atoms with Gasteiger partial charge in [-0.2, -0.15) is 13.2 Å². The smallest absolute Gasteiger partial charge is 0.376 e. The van der Waals surface area contributed by atoms with Crippen LogP contribution in [0.15, 0.2) is 53.4 Å². The number of hydrogen-bond acceptors (Lipinski definition) is 4. The Kier molecular flexibility index (Phi) is 8.32. The van der Waals surface area contributed by atoms with Crippen LogP contribution in [0.25, 0.3) is 0 Å². The number of aliphatic hydroxyl groups is 1. The summed E-state index contributed by atoms with van der Waals surface area (Å²) in [6, 6.07) is 11.2. The third kappa shape index (κ3) is 7.30. The number of carbonyl (C=O) groups is 1. The maximum atomic E-state index is 13.7. The Morgan fingerprint density at radius 2 is 1.66 bits per heavy atom. The number of alkyl halides is 3. The summed E-state index contributed by atoms with van der Waals surface area (Å²) in [5.41, 5.74) is -2.31. The fourth-order valence-electron chi connectivity index (χ4n) is 3.94. The quantitative estimate of drug-likeness (QED) is 0.410. The van der Waals surface area contributed by atoms with Gasteiger partial charge >= 0.3 is 6.18 Å². The highest BCUT2D eigenvalue weighted by molar-refractivity contribution is 7.91. The lowest BCUT2D eigenvalue weighted by Crippen LogP contribution is -2.42. The Bertz CT molecular complexity index is 1110. The molecule has 5 nitrogen and oxygen atoms in total. The topological polar surface area (TPSA) is 83.5 Å². The Morgan fingerprint density at radius 1 is 1.06 bits per heavy atom. The summed E-state index contributed by atoms with van der Waals surface area (Å²) in [5, 5.41) is 13.1. The number of nitrogens with one attached hydrogen (secondary N) is 1. The van der Waals surface area contributed by atoms with Crippen LogP contribution in [-0.2, 0) is 26.7 Å². The second kappa shape index (κ2) is 10.7. The van der Waals surface area contributed by atoms with E-state index in [1.54, 1.807) is 12.1 Å². The molecule has 0 bridgehead atoms. The predicted molar refractivity (Wildman–Crippen MR) is 129 cm³/mol. The van der Waals surface area contributed by atoms with Gasteiger partial charge in [0.25, 0.3) is 0 Å². The van der Waals surface area contributed by atoms with Crippen molar-refractivity contribution in [1.29, 1.82) is 0 Å². The Labute approximate surface area is 204 Å². The second-order valence-electron chi connectivity index (χ2n) is 9.82. The first-order chi connectivity index (χ1) is 16.3. The molecular weight excluding hydrogens is 479 g/mol. The van der Waals surface area contributed by atoms with Crippen molar-refractivity contribution >= 4 is 21.4 Å². The Balaban J connectivity index is 1.61. The van der Waals surface area contributed by atoms with Crippen LogP contribution in [0.5, 0.6) is 0 Å². The lowest BCUT2D eigenvalue weighted by atomic mass is 9.86. The lowest BCUT2D eigenvalue weighted by molar-refractivity contribution is -0.269. The van der Waals surface area contributed by atoms with E-state index in [0.29, 0.717) is 17.7 Å². The number of halogens is 3. The zero-order valence-corrected chi connectivity index (χ0v) is 20.8. The molecule has 35 heavy (non-hydrogen) atoms. The molecule has 0 spiro atoms. The molecule has 192 valence electrons. The molecule has 0 radical (unpaired) electrons. The molecule has 2 aromatic carbocycles. The molecule has 9 heteroatoms. The number of hydrogen-bond donors (Lipinski definition) is 2. The fourth-order valence-corrected chi connectivity index (χ4v) is 5.64. The van der Waals surface area contributed by atoms with Crippen molar-refractivity contribution in [3.8, 4) is 0 Å². The molecule has 1 saturated carbocycles. The molecule has 2 N–H and O–H groups in total. The van der Waals surface area contributed by atoms with Gasteiger partial charge in [-0.25, -0.2) is 8.42 Å². The average molecular weight is 512 g/mol. The average Bonchev–Trinajstić information content (AvgIpc) is 3.56. The van der Waals surface area contributed by atoms with Crippen LogP contribution in [0.4, 0.5) is 18.9 Å². The molecule has 2 aromatic rings. The molecule has 0 aromatic heterocycles. The van der Waals surface area contributed by atoms with Crippen molar-refractivity contribution in [2.75, 3.05) is 11.1 Å². The number of rotatable bonds is 11. The highest BCUT2D eigenvalue weighted by Gasteiger charge is 2.54. The van der Waals surface area contributed by atoms with Crippen LogP contribution in [0.3, 0.4) is 0 Å². The maximum Gasteiger partial charge on any atom is 0.421 e. The van der Waals surface area contributed by atoms with Gasteiger partial charge in [0.15, 0.2) is 15.4 Å². The van der Waals surface area contributed by atoms with Gasteiger partial charge in [-0.05, 0) is 72.9 Å². The molecule has 1 aliphatic rings. The predicted octanol–water partition coefficient (Wildman–Crippen LogP) is 5.63. The van der Waals surface area contributed by atoms with Crippen LogP contribution in [0.1, 0.15) is 57.1 Å². The summed E-state index contributed by atoms with van der Waals surface area (Å²) < 4.78 is 65.7. The van der Waals surface area contributed by atoms with E-state index in [1.165, 1.54) is 36.4 Å². The van der Waals surface area contributed by atoms with Gasteiger partial charge in [0.05, 0.1) is 17.1 Å². The molecular formula is C26H32F3NO4S. The van der Waals surface area contributed by atoms with Gasteiger partial charge in [-0.3, -0.25) is 4.79 Å². The number of sulfone groups is 1. The van der Waals surface area contributed by atoms with Gasteiger partial charge in [-0.15, -0.1) is 0 Å². The molecule has 1 aliphatic carbocycles. The summed E-state index contributed by atoms with van der Waals surface area (Å²) in [7, 11) is -3.33. The van der Waals surface area contributed by atoms with Crippen LogP contribution in [0.2, 0.25) is 0 Å². The maximum absolute atomic E-state index is 13.7. The van der Waals surface area contributed by atoms with Gasteiger partial charge in [0.2, 0.25) is 5.91 Å². The van der Waals surface area contributed by atoms with Crippen LogP contribution in [0, 0.1) is 11.8 Å². The standard InChI is InChI=1S/C26H32F3NO4S/c1-18(2)4-3-15-25(32,26(27,28)29)21-9-11-22(12-10-21)30-24(31)16-19-7-13-23(14-8-19)35(33,34)17-20-5-6-20/h7-14,18,20,32H,3-6,15-17H2,1-2H3,(H,30,31). The van der Waals surface area contributed by atoms with Crippen molar-refractivity contribution in [2.45, 2.75) is 69.0 Å². The fraction of sp³-hybridized carbons (Fsp3) is 0.500. The van der Waals surface area contributed by atoms with E-state index >= 15 is 0 Å². The number of carbonyl (C=O) groups excluding carboxylic acids is 1. The third-order valence-electron chi connectivity index (χ3n) is 6.23. The van der Waals surface area contributed by atoms with Gasteiger partial charge in [0, 0.05) is 5.69 Å². The Morgan fingerprint density at radius 3 is 2.17 bits per heavy atom. The third-order valence-corrected chi connectivity index (χ3v) is 8.14. The van der Waals surface area contributed by atoms with Gasteiger partial charge in [0.1, 0.15) is 0 Å². The zero-order valence-electron chi connectivity index (χ0n) is 19.9. The monoisotopic (exact) mass is 511 g/mol. The summed E-state index contributed by atoms with van der Waals surface area (Å²) >= 11 is 0. The molecule has 1 fully saturated rings. The minimum absolute atomic E-state index is 0.0214. The molecule has 1 atom stereocenters. The highest BCUT2D eigenvalue weighted by atomic mass is 32.2. The molecule has 3 rings (SSSR count). The minimum atomic E-state index is -4.83. The summed E-state index contributed by atoms with van der Waals surface area (Å²) in [6.45, 7) is 3.82. The molecule has 1 unspecified atom stereocenters. The van der Waals surface area contributed by atoms with E-state index in [-0.39, 0.29) is 40.9 Å². The van der Waals surface area contributed by atoms with Crippen molar-refractivity contribution in [1.82, 2.24) is 0 Å². The lowest BCUT2D eigenvalue weighted by Gasteiger charge is -2.31. The van der Waals surface area contributed by atoms with Crippen LogP contribution in [-0.4, -0.2) is 31.4 Å². The van der Waals surface area contributed by atoms with E-state index < -0.39 is 33.9 Å². The van der Waals surface area contributed by atoms with E-state index in [1.807, 2.05) is 13.8 Å². The summed E-state index contributed by atoms with van der Waals surface area (Å²) in [4.78, 5) is 12.6. The molecule has 0 aliphatic heterocycles. The Hall–Kier alpha value is -2.39. The van der Waals surface area contributed by atoms with E-state index in [4.69, 9.17) is 0 Å². The van der Waals surface area contributed by atoms with E-state index in [9.17, 15) is 31.5 Å². The first-order valence-corrected chi connectivity index (χ1v) is 13.5. The van der Waals surface area contributed by atoms with E-state index in [0.717, 1.165) is 12.8 Å². The zero-order chi connectivity index (χ0) is 25.9. The number of amides is 1. The minimum Gasteiger partial charge on any atom is -0.376 e. The molecule has 0 heterocycles. The van der Waals surface area contributed by atoms with Crippen molar-refractivity contribution < 1.29 is 31.5 Å². The molecule has 0 saturated heterocycles. The van der Waals surface area contributed by atoms with Crippen molar-refractivity contribution in [3.05, 3.63) is 59.7 Å². The summed E-state index contributed by atoms with van der Waals surface area (Å²) in [5.74, 6) is 0.219. The SMILES string of the molecule is CC(C)CCCC(O)(c1ccc(NC(=O)Cc2ccc(S(=O)(=O)CC3CC3)cc2)cc1)C(F)(F)F. The van der Waals surface area contributed by atoms with Gasteiger partial charge in [-0.1, -0.05) is 44.5 Å². The molecule has 1 amide bonds. The van der Waals surface area contributed by atoms with Crippen molar-refractivity contribution in [3.63, 3.8) is 0 Å². The first-order valence-electron chi connectivity index (χ1n) is 11.8. The van der Waals surface area contributed by atoms with Crippen LogP contribution < -0.4 is 5.32 Å². The normalized spacial score (nSPS) is 16.2. The van der Waals surface area contributed by atoms with E-state index in [2.05, 4.69) is 5.32 Å². The van der Waals surface area contributed by atoms with Crippen LogP contribution >= 0.6 is 0 Å². The van der Waals surface area contributed by atoms with Gasteiger partial charge < -0.3 is 10.4 Å². The highest BCUT2D eigenvalue weighted by Crippen LogP contribution is 2.43. The number of anilines is 1. The first kappa shape index (κ1) is 27.2. The number of benzene rings is 2.